The third kappa shape index (κ3) is 4.81. The molecule has 0 spiro atoms. The number of carbonyl (C=O) groups excluding carboxylic acids is 1. The van der Waals surface area contributed by atoms with Crippen LogP contribution >= 0.6 is 0 Å². The number of fused-ring (bicyclic) bond motifs is 3. The molecule has 3 nitrogen and oxygen atoms in total. The number of alkyl carbamates (subject to hydrolysis) is 1. The minimum atomic E-state index is -0.380. The van der Waals surface area contributed by atoms with Crippen LogP contribution in [0.2, 0.25) is 0 Å². The molecule has 2 aliphatic rings. The van der Waals surface area contributed by atoms with E-state index in [1.807, 2.05) is 30.3 Å². The van der Waals surface area contributed by atoms with Crippen LogP contribution in [0.1, 0.15) is 54.7 Å². The Bertz CT molecular complexity index is 1120. The highest BCUT2D eigenvalue weighted by Crippen LogP contribution is 2.44. The summed E-state index contributed by atoms with van der Waals surface area (Å²) in [6.07, 6.45) is 5.46. The Morgan fingerprint density at radius 3 is 2.12 bits per heavy atom. The van der Waals surface area contributed by atoms with Gasteiger partial charge in [-0.05, 0) is 53.1 Å². The fraction of sp³-hybridized carbons (Fsp3) is 0.300. The average molecular weight is 436 g/mol. The average Bonchev–Trinajstić information content (AvgIpc) is 3.20. The number of rotatable bonds is 4. The zero-order valence-electron chi connectivity index (χ0n) is 18.8. The topological polar surface area (TPSA) is 38.3 Å². The molecule has 3 aromatic carbocycles. The van der Waals surface area contributed by atoms with Crippen LogP contribution < -0.4 is 5.32 Å². The molecule has 3 heteroatoms. The molecule has 0 bridgehead atoms. The van der Waals surface area contributed by atoms with Crippen molar-refractivity contribution in [3.05, 3.63) is 95.6 Å². The summed E-state index contributed by atoms with van der Waals surface area (Å²) >= 11 is 0. The Labute approximate surface area is 196 Å². The van der Waals surface area contributed by atoms with E-state index in [2.05, 4.69) is 65.7 Å². The fourth-order valence-corrected chi connectivity index (χ4v) is 5.19. The Morgan fingerprint density at radius 1 is 0.848 bits per heavy atom. The standard InChI is InChI=1S/C30H29NO2/c32-30(31-29(23-13-5-2-6-14-23)20-19-22-11-3-1-4-12-22)33-21-28-26-17-9-7-15-24(26)25-16-8-10-18-27(25)28/h1,3-4,7-12,15-18,23,28-29H,2,5-6,13-14,21H2,(H,31,32). The summed E-state index contributed by atoms with van der Waals surface area (Å²) in [6.45, 7) is 0.323. The summed E-state index contributed by atoms with van der Waals surface area (Å²) in [6, 6.07) is 26.5. The van der Waals surface area contributed by atoms with Crippen molar-refractivity contribution in [2.75, 3.05) is 6.61 Å². The van der Waals surface area contributed by atoms with Gasteiger partial charge in [0, 0.05) is 11.5 Å². The van der Waals surface area contributed by atoms with Gasteiger partial charge in [0.2, 0.25) is 0 Å². The Kier molecular flexibility index (Phi) is 6.44. The number of nitrogens with one attached hydrogen (secondary N) is 1. The van der Waals surface area contributed by atoms with Crippen molar-refractivity contribution in [3.63, 3.8) is 0 Å². The van der Waals surface area contributed by atoms with Gasteiger partial charge in [-0.2, -0.15) is 0 Å². The van der Waals surface area contributed by atoms with Crippen LogP contribution in [-0.4, -0.2) is 18.7 Å². The zero-order valence-corrected chi connectivity index (χ0v) is 18.8. The summed E-state index contributed by atoms with van der Waals surface area (Å²) in [4.78, 5) is 12.9. The molecular formula is C30H29NO2. The Balaban J connectivity index is 1.29. The monoisotopic (exact) mass is 435 g/mol. The van der Waals surface area contributed by atoms with Crippen LogP contribution in [0.3, 0.4) is 0 Å². The smallest absolute Gasteiger partial charge is 0.408 e. The lowest BCUT2D eigenvalue weighted by molar-refractivity contribution is 0.136. The van der Waals surface area contributed by atoms with Crippen molar-refractivity contribution in [1.82, 2.24) is 5.32 Å². The summed E-state index contributed by atoms with van der Waals surface area (Å²) in [5.74, 6) is 7.02. The molecule has 0 aliphatic heterocycles. The van der Waals surface area contributed by atoms with Crippen molar-refractivity contribution in [2.24, 2.45) is 5.92 Å². The molecule has 0 radical (unpaired) electrons. The van der Waals surface area contributed by atoms with E-state index < -0.39 is 0 Å². The third-order valence-electron chi connectivity index (χ3n) is 6.88. The SMILES string of the molecule is O=C(NC(C#Cc1ccccc1)C1CCCCC1)OCC1c2ccccc2-c2ccccc21. The summed E-state index contributed by atoms with van der Waals surface area (Å²) < 4.78 is 5.80. The maximum absolute atomic E-state index is 12.9. The second kappa shape index (κ2) is 9.96. The summed E-state index contributed by atoms with van der Waals surface area (Å²) in [7, 11) is 0. The predicted octanol–water partition coefficient (Wildman–Crippen LogP) is 6.53. The van der Waals surface area contributed by atoms with Gasteiger partial charge in [0.05, 0.1) is 6.04 Å². The van der Waals surface area contributed by atoms with Crippen molar-refractivity contribution >= 4 is 6.09 Å². The molecule has 2 aliphatic carbocycles. The van der Waals surface area contributed by atoms with Gasteiger partial charge in [-0.25, -0.2) is 4.79 Å². The lowest BCUT2D eigenvalue weighted by Gasteiger charge is -2.27. The van der Waals surface area contributed by atoms with Crippen LogP contribution in [-0.2, 0) is 4.74 Å². The lowest BCUT2D eigenvalue weighted by Crippen LogP contribution is -2.40. The second-order valence-electron chi connectivity index (χ2n) is 8.98. The van der Waals surface area contributed by atoms with Gasteiger partial charge in [-0.1, -0.05) is 97.8 Å². The van der Waals surface area contributed by atoms with E-state index in [-0.39, 0.29) is 18.1 Å². The Morgan fingerprint density at radius 2 is 1.45 bits per heavy atom. The Hall–Kier alpha value is -3.51. The number of amides is 1. The number of hydrogen-bond acceptors (Lipinski definition) is 2. The number of hydrogen-bond donors (Lipinski definition) is 1. The molecule has 1 atom stereocenters. The molecule has 3 aromatic rings. The molecule has 1 unspecified atom stereocenters. The first-order valence-electron chi connectivity index (χ1n) is 12.0. The minimum Gasteiger partial charge on any atom is -0.449 e. The molecule has 0 heterocycles. The largest absolute Gasteiger partial charge is 0.449 e. The quantitative estimate of drug-likeness (QED) is 0.474. The van der Waals surface area contributed by atoms with Gasteiger partial charge in [0.15, 0.2) is 0 Å². The first kappa shape index (κ1) is 21.3. The molecule has 1 fully saturated rings. The van der Waals surface area contributed by atoms with Crippen molar-refractivity contribution in [3.8, 4) is 23.0 Å². The molecule has 0 aromatic heterocycles. The molecule has 33 heavy (non-hydrogen) atoms. The zero-order chi connectivity index (χ0) is 22.5. The molecule has 1 amide bonds. The maximum atomic E-state index is 12.9. The fourth-order valence-electron chi connectivity index (χ4n) is 5.19. The van der Waals surface area contributed by atoms with Gasteiger partial charge < -0.3 is 10.1 Å². The van der Waals surface area contributed by atoms with Crippen molar-refractivity contribution < 1.29 is 9.53 Å². The van der Waals surface area contributed by atoms with E-state index in [1.165, 1.54) is 41.5 Å². The van der Waals surface area contributed by atoms with E-state index >= 15 is 0 Å². The van der Waals surface area contributed by atoms with Gasteiger partial charge >= 0.3 is 6.09 Å². The van der Waals surface area contributed by atoms with Crippen molar-refractivity contribution in [2.45, 2.75) is 44.1 Å². The highest BCUT2D eigenvalue weighted by Gasteiger charge is 2.30. The van der Waals surface area contributed by atoms with Crippen LogP contribution in [0.15, 0.2) is 78.9 Å². The molecule has 1 N–H and O–H groups in total. The van der Waals surface area contributed by atoms with Crippen LogP contribution in [0, 0.1) is 17.8 Å². The number of ether oxygens (including phenoxy) is 1. The van der Waals surface area contributed by atoms with Gasteiger partial charge in [-0.15, -0.1) is 0 Å². The first-order chi connectivity index (χ1) is 16.3. The van der Waals surface area contributed by atoms with E-state index in [9.17, 15) is 4.79 Å². The highest BCUT2D eigenvalue weighted by molar-refractivity contribution is 5.79. The summed E-state index contributed by atoms with van der Waals surface area (Å²) in [5.41, 5.74) is 5.87. The first-order valence-corrected chi connectivity index (χ1v) is 12.0. The maximum Gasteiger partial charge on any atom is 0.408 e. The highest BCUT2D eigenvalue weighted by atomic mass is 16.5. The number of benzene rings is 3. The molecule has 0 saturated heterocycles. The normalized spacial score (nSPS) is 16.1. The van der Waals surface area contributed by atoms with Crippen molar-refractivity contribution in [1.29, 1.82) is 0 Å². The van der Waals surface area contributed by atoms with Crippen LogP contribution in [0.5, 0.6) is 0 Å². The lowest BCUT2D eigenvalue weighted by atomic mass is 9.84. The molecular weight excluding hydrogens is 406 g/mol. The molecule has 5 rings (SSSR count). The van der Waals surface area contributed by atoms with Gasteiger partial charge in [0.1, 0.15) is 6.61 Å². The van der Waals surface area contributed by atoms with E-state index in [0.29, 0.717) is 12.5 Å². The summed E-state index contributed by atoms with van der Waals surface area (Å²) in [5, 5.41) is 3.09. The molecule has 166 valence electrons. The van der Waals surface area contributed by atoms with E-state index in [1.54, 1.807) is 0 Å². The van der Waals surface area contributed by atoms with Crippen LogP contribution in [0.25, 0.3) is 11.1 Å². The van der Waals surface area contributed by atoms with Crippen LogP contribution in [0.4, 0.5) is 4.79 Å². The van der Waals surface area contributed by atoms with E-state index in [0.717, 1.165) is 18.4 Å². The van der Waals surface area contributed by atoms with E-state index in [4.69, 9.17) is 4.74 Å². The van der Waals surface area contributed by atoms with Gasteiger partial charge in [0.25, 0.3) is 0 Å². The second-order valence-corrected chi connectivity index (χ2v) is 8.98. The minimum absolute atomic E-state index is 0.0617. The predicted molar refractivity (Wildman–Crippen MR) is 132 cm³/mol. The third-order valence-corrected chi connectivity index (χ3v) is 6.88. The number of carbonyl (C=O) groups is 1. The van der Waals surface area contributed by atoms with Gasteiger partial charge in [-0.3, -0.25) is 0 Å². The molecule has 1 saturated carbocycles.